The van der Waals surface area contributed by atoms with Crippen molar-refractivity contribution in [3.05, 3.63) is 12.7 Å². The summed E-state index contributed by atoms with van der Waals surface area (Å²) in [5.41, 5.74) is 0. The predicted molar refractivity (Wildman–Crippen MR) is 99.4 cm³/mol. The van der Waals surface area contributed by atoms with E-state index in [1.807, 2.05) is 0 Å². The number of hydrogen-bond acceptors (Lipinski definition) is 8. The van der Waals surface area contributed by atoms with E-state index in [1.165, 1.54) is 0 Å². The SMILES string of the molecule is C=CCCCS(=O)(=O)O.O=P(O)(O)F.O=P(O)(O)F.O=P(O)(O)F.O=P(O)(O)F.O=P([O-])(O)F.[Li+]. The van der Waals surface area contributed by atoms with Crippen LogP contribution in [0.3, 0.4) is 0 Å². The smallest absolute Gasteiger partial charge is 0.753 e. The molecule has 0 amide bonds. The molecule has 0 aromatic carbocycles. The molecule has 35 heavy (non-hydrogen) atoms. The van der Waals surface area contributed by atoms with Crippen molar-refractivity contribution >= 4 is 49.7 Å². The first-order chi connectivity index (χ1) is 14.1. The molecule has 0 radical (unpaired) electrons. The molecule has 18 nitrogen and oxygen atoms in total. The summed E-state index contributed by atoms with van der Waals surface area (Å²) in [6.45, 7) is 3.40. The summed E-state index contributed by atoms with van der Waals surface area (Å²) in [6, 6.07) is 0. The Hall–Kier alpha value is 0.647. The van der Waals surface area contributed by atoms with Gasteiger partial charge in [-0.3, -0.25) is 48.3 Å². The zero-order valence-corrected chi connectivity index (χ0v) is 22.0. The fourth-order valence-electron chi connectivity index (χ4n) is 0.410. The van der Waals surface area contributed by atoms with Crippen molar-refractivity contribution in [2.75, 3.05) is 5.75 Å². The van der Waals surface area contributed by atoms with Gasteiger partial charge in [-0.25, -0.2) is 18.3 Å². The van der Waals surface area contributed by atoms with E-state index in [0.717, 1.165) is 0 Å². The van der Waals surface area contributed by atoms with Gasteiger partial charge in [0.1, 0.15) is 0 Å². The maximum atomic E-state index is 10.4. The Morgan fingerprint density at radius 3 is 0.914 bits per heavy atom. The van der Waals surface area contributed by atoms with Crippen molar-refractivity contribution in [2.45, 2.75) is 12.8 Å². The van der Waals surface area contributed by atoms with Gasteiger partial charge in [-0.1, -0.05) is 6.08 Å². The molecule has 0 saturated heterocycles. The van der Waals surface area contributed by atoms with Crippen LogP contribution in [0.4, 0.5) is 21.0 Å². The van der Waals surface area contributed by atoms with E-state index >= 15 is 0 Å². The van der Waals surface area contributed by atoms with Crippen molar-refractivity contribution < 1.29 is 125 Å². The number of allylic oxidation sites excluding steroid dienone is 1. The van der Waals surface area contributed by atoms with Crippen molar-refractivity contribution in [3.8, 4) is 0 Å². The molecule has 0 aromatic rings. The first kappa shape index (κ1) is 52.1. The van der Waals surface area contributed by atoms with Crippen LogP contribution in [-0.4, -0.2) is 62.8 Å². The van der Waals surface area contributed by atoms with Gasteiger partial charge >= 0.3 is 58.4 Å². The summed E-state index contributed by atoms with van der Waals surface area (Å²) >= 11 is 0. The van der Waals surface area contributed by atoms with E-state index in [2.05, 4.69) is 6.58 Å². The third-order valence-electron chi connectivity index (χ3n) is 0.811. The molecule has 0 aliphatic carbocycles. The van der Waals surface area contributed by atoms with E-state index in [9.17, 15) is 29.4 Å². The zero-order chi connectivity index (χ0) is 29.8. The fourth-order valence-corrected chi connectivity index (χ4v) is 0.942. The number of unbranched alkanes of at least 4 members (excludes halogenated alkanes) is 1. The molecule has 214 valence electrons. The van der Waals surface area contributed by atoms with Gasteiger partial charge in [0.2, 0.25) is 0 Å². The summed E-state index contributed by atoms with van der Waals surface area (Å²) in [5.74, 6) is -0.168. The Morgan fingerprint density at radius 1 is 0.686 bits per heavy atom. The standard InChI is InChI=1S/C5H10O3S.5FH2O3P.Li/c1-2-3-4-5-9(6,7)8;5*1-5(2,3)4;/h2H,1,3-5H2,(H,6,7,8);5*(H2,2,3,4);/q;;;;;;+1/p-1. The third-order valence-corrected chi connectivity index (χ3v) is 1.62. The molecule has 0 aliphatic rings. The molecule has 0 heterocycles. The van der Waals surface area contributed by atoms with Gasteiger partial charge in [-0.15, -0.1) is 23.4 Å². The average Bonchev–Trinajstić information content (AvgIpc) is 2.26. The minimum atomic E-state index is -5.39. The molecule has 0 aliphatic heterocycles. The van der Waals surface area contributed by atoms with Crippen LogP contribution in [0.25, 0.3) is 0 Å². The molecule has 0 rings (SSSR count). The molecule has 1 unspecified atom stereocenters. The first-order valence-electron chi connectivity index (χ1n) is 6.36. The molecule has 0 saturated carbocycles. The normalized spacial score (nSPS) is 12.7. The fraction of sp³-hybridized carbons (Fsp3) is 0.600. The second-order valence-electron chi connectivity index (χ2n) is 4.06. The molecular weight excluding hydrogens is 637 g/mol. The second-order valence-corrected chi connectivity index (χ2v) is 10.3. The average molecular weight is 656 g/mol. The van der Waals surface area contributed by atoms with Gasteiger partial charge < -0.3 is 9.79 Å². The van der Waals surface area contributed by atoms with Crippen LogP contribution in [0.15, 0.2) is 12.7 Å². The van der Waals surface area contributed by atoms with Crippen LogP contribution in [0.5, 0.6) is 0 Å². The Labute approximate surface area is 205 Å². The maximum Gasteiger partial charge on any atom is 1.00 e. The third kappa shape index (κ3) is 836. The molecule has 0 aromatic heterocycles. The van der Waals surface area contributed by atoms with Gasteiger partial charge in [-0.2, -0.15) is 12.6 Å². The van der Waals surface area contributed by atoms with Crippen LogP contribution < -0.4 is 23.8 Å². The number of halogens is 5. The quantitative estimate of drug-likeness (QED) is 0.0372. The summed E-state index contributed by atoms with van der Waals surface area (Å²) < 4.78 is 123. The topological polar surface area (TPSA) is 345 Å². The van der Waals surface area contributed by atoms with Crippen LogP contribution in [0.2, 0.25) is 0 Å². The number of hydrogen-bond donors (Lipinski definition) is 10. The molecule has 0 spiro atoms. The van der Waals surface area contributed by atoms with Crippen LogP contribution >= 0.6 is 39.5 Å². The molecule has 0 fully saturated rings. The van der Waals surface area contributed by atoms with E-state index in [0.29, 0.717) is 12.8 Å². The van der Waals surface area contributed by atoms with E-state index in [4.69, 9.17) is 76.3 Å². The van der Waals surface area contributed by atoms with Crippen molar-refractivity contribution in [3.63, 3.8) is 0 Å². The Kier molecular flexibility index (Phi) is 35.4. The van der Waals surface area contributed by atoms with Gasteiger partial charge in [-0.05, 0) is 12.8 Å². The minimum Gasteiger partial charge on any atom is -0.753 e. The monoisotopic (exact) mass is 656 g/mol. The van der Waals surface area contributed by atoms with Gasteiger partial charge in [0.25, 0.3) is 10.1 Å². The second kappa shape index (κ2) is 23.7. The summed E-state index contributed by atoms with van der Waals surface area (Å²) in [7, 11) is -29.7. The summed E-state index contributed by atoms with van der Waals surface area (Å²) in [4.78, 5) is 71.1. The molecule has 10 N–H and O–H groups in total. The van der Waals surface area contributed by atoms with Gasteiger partial charge in [0, 0.05) is 0 Å². The minimum absolute atomic E-state index is 0. The van der Waals surface area contributed by atoms with Gasteiger partial charge in [0.05, 0.1) is 5.75 Å². The molecule has 30 heteroatoms. The molecule has 1 atom stereocenters. The van der Waals surface area contributed by atoms with Crippen LogP contribution in [-0.2, 0) is 32.9 Å². The van der Waals surface area contributed by atoms with Gasteiger partial charge in [0.15, 0.2) is 0 Å². The Morgan fingerprint density at radius 2 is 0.829 bits per heavy atom. The van der Waals surface area contributed by atoms with Crippen LogP contribution in [0.1, 0.15) is 12.8 Å². The summed E-state index contributed by atoms with van der Waals surface area (Å²) in [5, 5.41) is 0. The first-order valence-corrected chi connectivity index (χ1v) is 15.5. The zero-order valence-electron chi connectivity index (χ0n) is 16.7. The predicted octanol–water partition coefficient (Wildman–Crippen LogP) is -2.54. The van der Waals surface area contributed by atoms with Crippen molar-refractivity contribution in [2.24, 2.45) is 0 Å². The Balaban J connectivity index is -0.0000000546. The number of rotatable bonds is 4. The Bertz CT molecular complexity index is 697. The van der Waals surface area contributed by atoms with Crippen molar-refractivity contribution in [1.82, 2.24) is 0 Å². The van der Waals surface area contributed by atoms with E-state index in [-0.39, 0.29) is 24.6 Å². The molecular formula is C5H19F5LiO18P5S. The largest absolute Gasteiger partial charge is 1.00 e. The molecule has 0 bridgehead atoms. The van der Waals surface area contributed by atoms with Crippen LogP contribution in [0, 0.1) is 0 Å². The summed E-state index contributed by atoms with van der Waals surface area (Å²) in [6.07, 6.45) is 2.69. The van der Waals surface area contributed by atoms with E-state index in [1.54, 1.807) is 6.08 Å². The maximum absolute atomic E-state index is 10.4. The van der Waals surface area contributed by atoms with Crippen molar-refractivity contribution in [1.29, 1.82) is 0 Å². The van der Waals surface area contributed by atoms with E-state index < -0.39 is 49.7 Å².